The fraction of sp³-hybridized carbons (Fsp3) is 0.647. The number of methoxy groups -OCH3 is 1. The van der Waals surface area contributed by atoms with Crippen molar-refractivity contribution in [1.29, 1.82) is 0 Å². The standard InChI is InChI=1S/C17H28N2O2/c1-14-4-5-16(12-15(14)2)17(20)13-19-8-6-18(7-9-19)10-11-21-3/h4-5,12,17,20H,6-11,13H2,1-3H3/t17-/m1/s1. The van der Waals surface area contributed by atoms with Crippen LogP contribution in [0.2, 0.25) is 0 Å². The minimum Gasteiger partial charge on any atom is -0.387 e. The molecule has 0 bridgehead atoms. The molecule has 1 aliphatic heterocycles. The molecule has 4 nitrogen and oxygen atoms in total. The summed E-state index contributed by atoms with van der Waals surface area (Å²) in [5.74, 6) is 0. The number of ether oxygens (including phenoxy) is 1. The van der Waals surface area contributed by atoms with Crippen molar-refractivity contribution in [3.63, 3.8) is 0 Å². The van der Waals surface area contributed by atoms with E-state index >= 15 is 0 Å². The van der Waals surface area contributed by atoms with Crippen LogP contribution in [-0.4, -0.2) is 67.9 Å². The van der Waals surface area contributed by atoms with E-state index in [0.29, 0.717) is 0 Å². The highest BCUT2D eigenvalue weighted by Crippen LogP contribution is 2.18. The van der Waals surface area contributed by atoms with E-state index in [-0.39, 0.29) is 0 Å². The molecule has 1 heterocycles. The Hall–Kier alpha value is -0.940. The average molecular weight is 292 g/mol. The van der Waals surface area contributed by atoms with E-state index in [1.54, 1.807) is 7.11 Å². The largest absolute Gasteiger partial charge is 0.387 e. The van der Waals surface area contributed by atoms with Gasteiger partial charge in [0.2, 0.25) is 0 Å². The third-order valence-corrected chi connectivity index (χ3v) is 4.42. The van der Waals surface area contributed by atoms with Gasteiger partial charge in [-0.05, 0) is 30.5 Å². The molecule has 2 rings (SSSR count). The molecule has 1 fully saturated rings. The van der Waals surface area contributed by atoms with Crippen LogP contribution < -0.4 is 0 Å². The average Bonchev–Trinajstić information content (AvgIpc) is 2.49. The molecule has 0 saturated carbocycles. The molecule has 118 valence electrons. The van der Waals surface area contributed by atoms with Crippen LogP contribution >= 0.6 is 0 Å². The predicted octanol–water partition coefficient (Wildman–Crippen LogP) is 1.60. The number of aryl methyl sites for hydroxylation is 2. The fourth-order valence-corrected chi connectivity index (χ4v) is 2.74. The van der Waals surface area contributed by atoms with E-state index in [1.165, 1.54) is 11.1 Å². The Morgan fingerprint density at radius 2 is 1.76 bits per heavy atom. The number of β-amino-alcohol motifs (C(OH)–C–C–N with tert-alkyl or cyclic N) is 1. The quantitative estimate of drug-likeness (QED) is 0.864. The number of aliphatic hydroxyl groups excluding tert-OH is 1. The van der Waals surface area contributed by atoms with Crippen LogP contribution in [0.15, 0.2) is 18.2 Å². The maximum Gasteiger partial charge on any atom is 0.0917 e. The van der Waals surface area contributed by atoms with Gasteiger partial charge in [0.15, 0.2) is 0 Å². The Morgan fingerprint density at radius 1 is 1.10 bits per heavy atom. The summed E-state index contributed by atoms with van der Waals surface area (Å²) < 4.78 is 5.12. The van der Waals surface area contributed by atoms with Gasteiger partial charge in [-0.2, -0.15) is 0 Å². The number of rotatable bonds is 6. The summed E-state index contributed by atoms with van der Waals surface area (Å²) in [5.41, 5.74) is 3.55. The van der Waals surface area contributed by atoms with Crippen molar-refractivity contribution >= 4 is 0 Å². The first-order chi connectivity index (χ1) is 10.1. The lowest BCUT2D eigenvalue weighted by Gasteiger charge is -2.35. The third-order valence-electron chi connectivity index (χ3n) is 4.42. The smallest absolute Gasteiger partial charge is 0.0917 e. The summed E-state index contributed by atoms with van der Waals surface area (Å²) in [7, 11) is 1.75. The summed E-state index contributed by atoms with van der Waals surface area (Å²) in [6.07, 6.45) is -0.394. The van der Waals surface area contributed by atoms with Crippen molar-refractivity contribution in [3.05, 3.63) is 34.9 Å². The molecular weight excluding hydrogens is 264 g/mol. The van der Waals surface area contributed by atoms with E-state index in [9.17, 15) is 5.11 Å². The number of hydrogen-bond donors (Lipinski definition) is 1. The van der Waals surface area contributed by atoms with Gasteiger partial charge >= 0.3 is 0 Å². The zero-order valence-electron chi connectivity index (χ0n) is 13.5. The Kier molecular flexibility index (Phi) is 6.18. The van der Waals surface area contributed by atoms with E-state index in [4.69, 9.17) is 4.74 Å². The van der Waals surface area contributed by atoms with Crippen LogP contribution in [-0.2, 0) is 4.74 Å². The summed E-state index contributed by atoms with van der Waals surface area (Å²) in [6.45, 7) is 10.9. The Morgan fingerprint density at radius 3 is 2.38 bits per heavy atom. The van der Waals surface area contributed by atoms with Gasteiger partial charge in [0.25, 0.3) is 0 Å². The van der Waals surface area contributed by atoms with Crippen molar-refractivity contribution in [3.8, 4) is 0 Å². The van der Waals surface area contributed by atoms with Crippen molar-refractivity contribution in [2.75, 3.05) is 53.0 Å². The highest BCUT2D eigenvalue weighted by molar-refractivity contribution is 5.31. The minimum atomic E-state index is -0.394. The van der Waals surface area contributed by atoms with Gasteiger partial charge < -0.3 is 9.84 Å². The van der Waals surface area contributed by atoms with Crippen LogP contribution in [0.4, 0.5) is 0 Å². The second-order valence-electron chi connectivity index (χ2n) is 5.99. The van der Waals surface area contributed by atoms with Crippen LogP contribution in [0, 0.1) is 13.8 Å². The lowest BCUT2D eigenvalue weighted by Crippen LogP contribution is -2.48. The Bertz CT molecular complexity index is 442. The first kappa shape index (κ1) is 16.4. The lowest BCUT2D eigenvalue weighted by molar-refractivity contribution is 0.0611. The van der Waals surface area contributed by atoms with Crippen molar-refractivity contribution < 1.29 is 9.84 Å². The van der Waals surface area contributed by atoms with E-state index in [2.05, 4.69) is 35.8 Å². The molecule has 0 aromatic heterocycles. The zero-order valence-corrected chi connectivity index (χ0v) is 13.5. The first-order valence-corrected chi connectivity index (χ1v) is 7.79. The van der Waals surface area contributed by atoms with Crippen LogP contribution in [0.25, 0.3) is 0 Å². The van der Waals surface area contributed by atoms with Gasteiger partial charge in [0.05, 0.1) is 12.7 Å². The molecule has 0 spiro atoms. The minimum absolute atomic E-state index is 0.394. The number of benzene rings is 1. The van der Waals surface area contributed by atoms with E-state index in [0.717, 1.165) is 51.4 Å². The summed E-state index contributed by atoms with van der Waals surface area (Å²) in [5, 5.41) is 10.4. The summed E-state index contributed by atoms with van der Waals surface area (Å²) in [6, 6.07) is 6.24. The molecule has 0 unspecified atom stereocenters. The molecule has 0 aliphatic carbocycles. The van der Waals surface area contributed by atoms with E-state index < -0.39 is 6.10 Å². The monoisotopic (exact) mass is 292 g/mol. The molecule has 4 heteroatoms. The number of piperazine rings is 1. The molecule has 21 heavy (non-hydrogen) atoms. The summed E-state index contributed by atoms with van der Waals surface area (Å²) in [4.78, 5) is 4.77. The molecule has 1 aromatic rings. The number of aliphatic hydroxyl groups is 1. The molecule has 1 N–H and O–H groups in total. The predicted molar refractivity (Wildman–Crippen MR) is 85.6 cm³/mol. The zero-order chi connectivity index (χ0) is 15.2. The number of nitrogens with zero attached hydrogens (tertiary/aromatic N) is 2. The third kappa shape index (κ3) is 4.78. The van der Waals surface area contributed by atoms with Crippen molar-refractivity contribution in [1.82, 2.24) is 9.80 Å². The molecule has 1 aromatic carbocycles. The van der Waals surface area contributed by atoms with Crippen LogP contribution in [0.5, 0.6) is 0 Å². The summed E-state index contributed by atoms with van der Waals surface area (Å²) >= 11 is 0. The molecule has 0 radical (unpaired) electrons. The van der Waals surface area contributed by atoms with Gasteiger partial charge in [-0.15, -0.1) is 0 Å². The topological polar surface area (TPSA) is 35.9 Å². The first-order valence-electron chi connectivity index (χ1n) is 7.79. The SMILES string of the molecule is COCCN1CCN(C[C@@H](O)c2ccc(C)c(C)c2)CC1. The highest BCUT2D eigenvalue weighted by Gasteiger charge is 2.19. The van der Waals surface area contributed by atoms with E-state index in [1.807, 2.05) is 6.07 Å². The Labute approximate surface area is 128 Å². The Balaban J connectivity index is 1.81. The highest BCUT2D eigenvalue weighted by atomic mass is 16.5. The molecule has 1 atom stereocenters. The second-order valence-corrected chi connectivity index (χ2v) is 5.99. The maximum absolute atomic E-state index is 10.4. The van der Waals surface area contributed by atoms with Gasteiger partial charge in [0, 0.05) is 46.4 Å². The molecular formula is C17H28N2O2. The maximum atomic E-state index is 10.4. The van der Waals surface area contributed by atoms with Crippen molar-refractivity contribution in [2.45, 2.75) is 20.0 Å². The van der Waals surface area contributed by atoms with Gasteiger partial charge in [-0.1, -0.05) is 18.2 Å². The molecule has 0 amide bonds. The molecule has 1 saturated heterocycles. The van der Waals surface area contributed by atoms with Gasteiger partial charge in [-0.3, -0.25) is 9.80 Å². The normalized spacial score (nSPS) is 18.9. The van der Waals surface area contributed by atoms with Gasteiger partial charge in [-0.25, -0.2) is 0 Å². The second kappa shape index (κ2) is 7.90. The van der Waals surface area contributed by atoms with Crippen LogP contribution in [0.3, 0.4) is 0 Å². The number of hydrogen-bond acceptors (Lipinski definition) is 4. The molecule has 1 aliphatic rings. The van der Waals surface area contributed by atoms with Crippen molar-refractivity contribution in [2.24, 2.45) is 0 Å². The fourth-order valence-electron chi connectivity index (χ4n) is 2.74. The lowest BCUT2D eigenvalue weighted by atomic mass is 10.0. The van der Waals surface area contributed by atoms with Crippen LogP contribution in [0.1, 0.15) is 22.8 Å². The van der Waals surface area contributed by atoms with Gasteiger partial charge in [0.1, 0.15) is 0 Å².